The minimum absolute atomic E-state index is 0.257. The van der Waals surface area contributed by atoms with Gasteiger partial charge in [0.25, 0.3) is 5.91 Å². The molecule has 2 aromatic carbocycles. The molecule has 28 heavy (non-hydrogen) atoms. The second kappa shape index (κ2) is 7.48. The zero-order chi connectivity index (χ0) is 19.5. The maximum atomic E-state index is 12.6. The number of carbonyl (C=O) groups excluding carboxylic acids is 2. The summed E-state index contributed by atoms with van der Waals surface area (Å²) in [5.41, 5.74) is 2.66. The lowest BCUT2D eigenvalue weighted by Gasteiger charge is -2.14. The number of rotatable bonds is 4. The topological polar surface area (TPSA) is 93.2 Å². The number of aromatic nitrogens is 2. The van der Waals surface area contributed by atoms with Crippen molar-refractivity contribution in [2.24, 2.45) is 0 Å². The summed E-state index contributed by atoms with van der Waals surface area (Å²) >= 11 is 0. The number of carbonyl (C=O) groups is 2. The standard InChI is InChI=1S/C21H18N4O3/c1-28-15-7-8-17-16(12-15)20(26)25-18(21(27)24-17)11-13-3-5-14(6-4-13)19-22-9-2-10-23-19/h2-10,12,18H,11H2,1H3,(H,24,27)(H,25,26). The molecule has 4 rings (SSSR count). The first-order valence-corrected chi connectivity index (χ1v) is 8.80. The van der Waals surface area contributed by atoms with Crippen LogP contribution in [0.15, 0.2) is 60.9 Å². The number of methoxy groups -OCH3 is 1. The van der Waals surface area contributed by atoms with Gasteiger partial charge in [-0.05, 0) is 29.8 Å². The second-order valence-corrected chi connectivity index (χ2v) is 6.40. The van der Waals surface area contributed by atoms with Gasteiger partial charge in [-0.1, -0.05) is 24.3 Å². The Hall–Kier alpha value is -3.74. The zero-order valence-corrected chi connectivity index (χ0v) is 15.2. The lowest BCUT2D eigenvalue weighted by molar-refractivity contribution is -0.117. The van der Waals surface area contributed by atoms with Crippen LogP contribution in [0.3, 0.4) is 0 Å². The van der Waals surface area contributed by atoms with Crippen LogP contribution in [-0.2, 0) is 11.2 Å². The number of fused-ring (bicyclic) bond motifs is 1. The first-order valence-electron chi connectivity index (χ1n) is 8.80. The van der Waals surface area contributed by atoms with E-state index in [4.69, 9.17) is 4.74 Å². The molecule has 1 aliphatic heterocycles. The van der Waals surface area contributed by atoms with Crippen molar-refractivity contribution < 1.29 is 14.3 Å². The van der Waals surface area contributed by atoms with Crippen molar-refractivity contribution in [2.75, 3.05) is 12.4 Å². The Labute approximate surface area is 161 Å². The van der Waals surface area contributed by atoms with Crippen molar-refractivity contribution in [2.45, 2.75) is 12.5 Å². The van der Waals surface area contributed by atoms with Crippen LogP contribution in [0.1, 0.15) is 15.9 Å². The second-order valence-electron chi connectivity index (χ2n) is 6.40. The summed E-state index contributed by atoms with van der Waals surface area (Å²) in [4.78, 5) is 33.6. The zero-order valence-electron chi connectivity index (χ0n) is 15.2. The van der Waals surface area contributed by atoms with Gasteiger partial charge in [0.15, 0.2) is 5.82 Å². The molecule has 3 aromatic rings. The highest BCUT2D eigenvalue weighted by molar-refractivity contribution is 6.10. The van der Waals surface area contributed by atoms with E-state index in [1.165, 1.54) is 7.11 Å². The average Bonchev–Trinajstić information content (AvgIpc) is 2.85. The van der Waals surface area contributed by atoms with E-state index in [0.29, 0.717) is 29.2 Å². The van der Waals surface area contributed by atoms with E-state index < -0.39 is 6.04 Å². The van der Waals surface area contributed by atoms with Gasteiger partial charge in [-0.25, -0.2) is 9.97 Å². The summed E-state index contributed by atoms with van der Waals surface area (Å²) in [6.45, 7) is 0. The minimum atomic E-state index is -0.676. The molecule has 7 nitrogen and oxygen atoms in total. The van der Waals surface area contributed by atoms with Crippen molar-refractivity contribution in [1.29, 1.82) is 0 Å². The molecule has 2 heterocycles. The molecule has 0 radical (unpaired) electrons. The van der Waals surface area contributed by atoms with E-state index in [0.717, 1.165) is 11.1 Å². The van der Waals surface area contributed by atoms with E-state index in [9.17, 15) is 9.59 Å². The van der Waals surface area contributed by atoms with Crippen LogP contribution < -0.4 is 15.4 Å². The van der Waals surface area contributed by atoms with Crippen LogP contribution in [0.4, 0.5) is 5.69 Å². The Morgan fingerprint density at radius 1 is 1.04 bits per heavy atom. The number of amides is 2. The van der Waals surface area contributed by atoms with Crippen LogP contribution in [-0.4, -0.2) is 34.9 Å². The largest absolute Gasteiger partial charge is 0.497 e. The molecule has 2 N–H and O–H groups in total. The van der Waals surface area contributed by atoms with Crippen molar-refractivity contribution in [1.82, 2.24) is 15.3 Å². The van der Waals surface area contributed by atoms with Gasteiger partial charge < -0.3 is 15.4 Å². The summed E-state index contributed by atoms with van der Waals surface area (Å²) in [5.74, 6) is 0.624. The summed E-state index contributed by atoms with van der Waals surface area (Å²) in [5, 5.41) is 5.61. The third-order valence-corrected chi connectivity index (χ3v) is 4.57. The van der Waals surface area contributed by atoms with E-state index in [-0.39, 0.29) is 11.8 Å². The van der Waals surface area contributed by atoms with E-state index >= 15 is 0 Å². The average molecular weight is 374 g/mol. The molecular weight excluding hydrogens is 356 g/mol. The first-order chi connectivity index (χ1) is 13.6. The normalized spacial score (nSPS) is 15.8. The van der Waals surface area contributed by atoms with Crippen LogP contribution in [0.2, 0.25) is 0 Å². The van der Waals surface area contributed by atoms with Gasteiger partial charge in [0, 0.05) is 24.4 Å². The number of hydrogen-bond donors (Lipinski definition) is 2. The predicted molar refractivity (Wildman–Crippen MR) is 104 cm³/mol. The van der Waals surface area contributed by atoms with E-state index in [2.05, 4.69) is 20.6 Å². The van der Waals surface area contributed by atoms with Gasteiger partial charge in [0.2, 0.25) is 5.91 Å². The molecule has 1 atom stereocenters. The molecule has 0 bridgehead atoms. The molecule has 2 amide bonds. The van der Waals surface area contributed by atoms with Gasteiger partial charge in [-0.2, -0.15) is 0 Å². The van der Waals surface area contributed by atoms with Crippen molar-refractivity contribution in [3.05, 3.63) is 72.1 Å². The molecule has 0 saturated heterocycles. The van der Waals surface area contributed by atoms with Gasteiger partial charge in [-0.3, -0.25) is 9.59 Å². The lowest BCUT2D eigenvalue weighted by Crippen LogP contribution is -2.42. The fourth-order valence-electron chi connectivity index (χ4n) is 3.09. The molecular formula is C21H18N4O3. The number of hydrogen-bond acceptors (Lipinski definition) is 5. The smallest absolute Gasteiger partial charge is 0.254 e. The number of anilines is 1. The minimum Gasteiger partial charge on any atom is -0.497 e. The Kier molecular flexibility index (Phi) is 4.72. The molecule has 0 saturated carbocycles. The maximum absolute atomic E-state index is 12.6. The maximum Gasteiger partial charge on any atom is 0.254 e. The van der Waals surface area contributed by atoms with Gasteiger partial charge in [-0.15, -0.1) is 0 Å². The fourth-order valence-corrected chi connectivity index (χ4v) is 3.09. The Morgan fingerprint density at radius 2 is 1.79 bits per heavy atom. The number of nitrogens with zero attached hydrogens (tertiary/aromatic N) is 2. The van der Waals surface area contributed by atoms with Crippen LogP contribution >= 0.6 is 0 Å². The highest BCUT2D eigenvalue weighted by atomic mass is 16.5. The lowest BCUT2D eigenvalue weighted by atomic mass is 10.0. The highest BCUT2D eigenvalue weighted by Crippen LogP contribution is 2.25. The Balaban J connectivity index is 1.52. The van der Waals surface area contributed by atoms with Gasteiger partial charge >= 0.3 is 0 Å². The molecule has 0 spiro atoms. The van der Waals surface area contributed by atoms with Crippen molar-refractivity contribution in [3.63, 3.8) is 0 Å². The predicted octanol–water partition coefficient (Wildman–Crippen LogP) is 2.45. The van der Waals surface area contributed by atoms with Crippen LogP contribution in [0.25, 0.3) is 11.4 Å². The number of ether oxygens (including phenoxy) is 1. The first kappa shape index (κ1) is 17.7. The van der Waals surface area contributed by atoms with Crippen LogP contribution in [0.5, 0.6) is 5.75 Å². The summed E-state index contributed by atoms with van der Waals surface area (Å²) < 4.78 is 5.16. The molecule has 1 aromatic heterocycles. The molecule has 7 heteroatoms. The molecule has 0 aliphatic carbocycles. The monoisotopic (exact) mass is 374 g/mol. The van der Waals surface area contributed by atoms with Gasteiger partial charge in [0.05, 0.1) is 18.4 Å². The summed E-state index contributed by atoms with van der Waals surface area (Å²) in [6, 6.07) is 13.7. The van der Waals surface area contributed by atoms with Crippen LogP contribution in [0, 0.1) is 0 Å². The third kappa shape index (κ3) is 3.55. The fraction of sp³-hybridized carbons (Fsp3) is 0.143. The molecule has 140 valence electrons. The van der Waals surface area contributed by atoms with Gasteiger partial charge in [0.1, 0.15) is 11.8 Å². The highest BCUT2D eigenvalue weighted by Gasteiger charge is 2.28. The molecule has 1 aliphatic rings. The molecule has 0 fully saturated rings. The molecule has 1 unspecified atom stereocenters. The summed E-state index contributed by atoms with van der Waals surface area (Å²) in [6.07, 6.45) is 3.75. The van der Waals surface area contributed by atoms with Crippen molar-refractivity contribution >= 4 is 17.5 Å². The Morgan fingerprint density at radius 3 is 2.50 bits per heavy atom. The Bertz CT molecular complexity index is 1020. The third-order valence-electron chi connectivity index (χ3n) is 4.57. The number of benzene rings is 2. The quantitative estimate of drug-likeness (QED) is 0.732. The van der Waals surface area contributed by atoms with Crippen molar-refractivity contribution in [3.8, 4) is 17.1 Å². The van der Waals surface area contributed by atoms with E-state index in [1.54, 1.807) is 36.7 Å². The summed E-state index contributed by atoms with van der Waals surface area (Å²) in [7, 11) is 1.53. The number of nitrogens with one attached hydrogen (secondary N) is 2. The van der Waals surface area contributed by atoms with E-state index in [1.807, 2.05) is 24.3 Å². The SMILES string of the molecule is COc1ccc2c(c1)C(=O)NC(Cc1ccc(-c3ncccn3)cc1)C(=O)N2.